The zero-order valence-electron chi connectivity index (χ0n) is 11.1. The van der Waals surface area contributed by atoms with Crippen LogP contribution in [0, 0.1) is 5.92 Å². The number of amides is 1. The predicted octanol–water partition coefficient (Wildman–Crippen LogP) is 0.666. The van der Waals surface area contributed by atoms with Crippen LogP contribution >= 0.6 is 0 Å². The van der Waals surface area contributed by atoms with Gasteiger partial charge in [0.1, 0.15) is 0 Å². The van der Waals surface area contributed by atoms with Crippen molar-refractivity contribution in [1.29, 1.82) is 0 Å². The van der Waals surface area contributed by atoms with Gasteiger partial charge in [-0.15, -0.1) is 0 Å². The molecule has 17 heavy (non-hydrogen) atoms. The molecule has 4 nitrogen and oxygen atoms in total. The van der Waals surface area contributed by atoms with Gasteiger partial charge < -0.3 is 15.5 Å². The molecule has 2 saturated heterocycles. The first-order valence-corrected chi connectivity index (χ1v) is 6.86. The zero-order chi connectivity index (χ0) is 12.4. The maximum atomic E-state index is 11.9. The van der Waals surface area contributed by atoms with Crippen LogP contribution in [0.4, 0.5) is 0 Å². The van der Waals surface area contributed by atoms with Gasteiger partial charge in [0.2, 0.25) is 5.91 Å². The number of hydrogen-bond acceptors (Lipinski definition) is 3. The van der Waals surface area contributed by atoms with Gasteiger partial charge in [0.05, 0.1) is 6.04 Å². The van der Waals surface area contributed by atoms with Gasteiger partial charge in [0.25, 0.3) is 0 Å². The molecule has 98 valence electrons. The van der Waals surface area contributed by atoms with Gasteiger partial charge in [-0.25, -0.2) is 0 Å². The fraction of sp³-hybridized carbons (Fsp3) is 0.923. The lowest BCUT2D eigenvalue weighted by atomic mass is 10.0. The summed E-state index contributed by atoms with van der Waals surface area (Å²) in [5.41, 5.74) is 5.82. The van der Waals surface area contributed by atoms with Crippen LogP contribution in [0.25, 0.3) is 0 Å². The molecule has 0 radical (unpaired) electrons. The molecule has 2 rings (SSSR count). The number of carbonyl (C=O) groups is 1. The van der Waals surface area contributed by atoms with Crippen molar-refractivity contribution in [3.8, 4) is 0 Å². The SMILES string of the molecule is CC(C)N1CCC(CN2CCCC(N)C2=O)C1. The summed E-state index contributed by atoms with van der Waals surface area (Å²) in [4.78, 5) is 16.4. The summed E-state index contributed by atoms with van der Waals surface area (Å²) in [6, 6.07) is 0.380. The second-order valence-electron chi connectivity index (χ2n) is 5.78. The van der Waals surface area contributed by atoms with E-state index < -0.39 is 0 Å². The van der Waals surface area contributed by atoms with Gasteiger partial charge in [-0.1, -0.05) is 0 Å². The number of carbonyl (C=O) groups excluding carboxylic acids is 1. The van der Waals surface area contributed by atoms with Gasteiger partial charge in [0, 0.05) is 25.7 Å². The highest BCUT2D eigenvalue weighted by atomic mass is 16.2. The molecule has 0 saturated carbocycles. The normalized spacial score (nSPS) is 31.5. The summed E-state index contributed by atoms with van der Waals surface area (Å²) < 4.78 is 0. The van der Waals surface area contributed by atoms with E-state index in [1.807, 2.05) is 4.90 Å². The number of nitrogens with two attached hydrogens (primary N) is 1. The largest absolute Gasteiger partial charge is 0.341 e. The van der Waals surface area contributed by atoms with Gasteiger partial charge in [-0.05, 0) is 45.6 Å². The fourth-order valence-corrected chi connectivity index (χ4v) is 2.94. The standard InChI is InChI=1S/C13H25N3O/c1-10(2)15-7-5-11(8-15)9-16-6-3-4-12(14)13(16)17/h10-12H,3-9,14H2,1-2H3. The molecule has 2 atom stereocenters. The van der Waals surface area contributed by atoms with E-state index in [9.17, 15) is 4.79 Å². The van der Waals surface area contributed by atoms with Gasteiger partial charge in [0.15, 0.2) is 0 Å². The average Bonchev–Trinajstić information content (AvgIpc) is 2.73. The number of rotatable bonds is 3. The fourth-order valence-electron chi connectivity index (χ4n) is 2.94. The highest BCUT2D eigenvalue weighted by molar-refractivity contribution is 5.82. The molecular weight excluding hydrogens is 214 g/mol. The molecule has 4 heteroatoms. The van der Waals surface area contributed by atoms with Crippen molar-refractivity contribution in [2.75, 3.05) is 26.2 Å². The number of likely N-dealkylation sites (tertiary alicyclic amines) is 2. The third-order valence-electron chi connectivity index (χ3n) is 4.10. The Morgan fingerprint density at radius 3 is 2.76 bits per heavy atom. The smallest absolute Gasteiger partial charge is 0.239 e. The van der Waals surface area contributed by atoms with Crippen LogP contribution in [0.3, 0.4) is 0 Å². The summed E-state index contributed by atoms with van der Waals surface area (Å²) in [7, 11) is 0. The second kappa shape index (κ2) is 5.36. The minimum Gasteiger partial charge on any atom is -0.341 e. The maximum absolute atomic E-state index is 11.9. The topological polar surface area (TPSA) is 49.6 Å². The predicted molar refractivity (Wildman–Crippen MR) is 68.6 cm³/mol. The van der Waals surface area contributed by atoms with E-state index in [0.29, 0.717) is 12.0 Å². The van der Waals surface area contributed by atoms with Crippen LogP contribution in [0.1, 0.15) is 33.1 Å². The Bertz CT molecular complexity index is 280. The molecule has 0 spiro atoms. The summed E-state index contributed by atoms with van der Waals surface area (Å²) in [6.45, 7) is 8.61. The molecule has 0 bridgehead atoms. The number of nitrogens with zero attached hydrogens (tertiary/aromatic N) is 2. The van der Waals surface area contributed by atoms with E-state index >= 15 is 0 Å². The van der Waals surface area contributed by atoms with Crippen molar-refractivity contribution < 1.29 is 4.79 Å². The first kappa shape index (κ1) is 12.8. The van der Waals surface area contributed by atoms with Crippen LogP contribution < -0.4 is 5.73 Å². The summed E-state index contributed by atoms with van der Waals surface area (Å²) >= 11 is 0. The number of hydrogen-bond donors (Lipinski definition) is 1. The average molecular weight is 239 g/mol. The van der Waals surface area contributed by atoms with E-state index in [1.54, 1.807) is 0 Å². The lowest BCUT2D eigenvalue weighted by Gasteiger charge is -2.32. The van der Waals surface area contributed by atoms with Crippen molar-refractivity contribution in [3.05, 3.63) is 0 Å². The van der Waals surface area contributed by atoms with Crippen LogP contribution in [-0.4, -0.2) is 54.0 Å². The van der Waals surface area contributed by atoms with Crippen molar-refractivity contribution in [3.63, 3.8) is 0 Å². The van der Waals surface area contributed by atoms with Crippen LogP contribution in [-0.2, 0) is 4.79 Å². The molecule has 2 N–H and O–H groups in total. The van der Waals surface area contributed by atoms with E-state index in [1.165, 1.54) is 13.0 Å². The third kappa shape index (κ3) is 2.99. The minimum atomic E-state index is -0.244. The Hall–Kier alpha value is -0.610. The Labute approximate surface area is 104 Å². The van der Waals surface area contributed by atoms with Crippen molar-refractivity contribution >= 4 is 5.91 Å². The lowest BCUT2D eigenvalue weighted by Crippen LogP contribution is -2.50. The summed E-state index contributed by atoms with van der Waals surface area (Å²) in [6.07, 6.45) is 3.14. The molecule has 2 unspecified atom stereocenters. The molecule has 0 aromatic rings. The number of piperidine rings is 1. The summed E-state index contributed by atoms with van der Waals surface area (Å²) in [5, 5.41) is 0. The molecule has 0 aromatic heterocycles. The zero-order valence-corrected chi connectivity index (χ0v) is 11.1. The van der Waals surface area contributed by atoms with Gasteiger partial charge >= 0.3 is 0 Å². The first-order chi connectivity index (χ1) is 8.08. The van der Waals surface area contributed by atoms with Crippen molar-refractivity contribution in [2.24, 2.45) is 11.7 Å². The van der Waals surface area contributed by atoms with E-state index in [2.05, 4.69) is 18.7 Å². The highest BCUT2D eigenvalue weighted by Crippen LogP contribution is 2.21. The first-order valence-electron chi connectivity index (χ1n) is 6.86. The Kier molecular flexibility index (Phi) is 4.05. The molecule has 1 amide bonds. The van der Waals surface area contributed by atoms with Crippen molar-refractivity contribution in [2.45, 2.75) is 45.2 Å². The molecule has 2 heterocycles. The van der Waals surface area contributed by atoms with Gasteiger partial charge in [-0.2, -0.15) is 0 Å². The molecule has 0 aromatic carbocycles. The van der Waals surface area contributed by atoms with E-state index in [-0.39, 0.29) is 11.9 Å². The van der Waals surface area contributed by atoms with Crippen molar-refractivity contribution in [1.82, 2.24) is 9.80 Å². The Morgan fingerprint density at radius 1 is 1.35 bits per heavy atom. The minimum absolute atomic E-state index is 0.166. The Balaban J connectivity index is 1.83. The molecule has 2 aliphatic rings. The monoisotopic (exact) mass is 239 g/mol. The van der Waals surface area contributed by atoms with Crippen LogP contribution in [0.5, 0.6) is 0 Å². The van der Waals surface area contributed by atoms with E-state index in [4.69, 9.17) is 5.73 Å². The molecule has 2 aliphatic heterocycles. The molecular formula is C13H25N3O. The highest BCUT2D eigenvalue weighted by Gasteiger charge is 2.30. The van der Waals surface area contributed by atoms with Gasteiger partial charge in [-0.3, -0.25) is 4.79 Å². The van der Waals surface area contributed by atoms with Crippen LogP contribution in [0.15, 0.2) is 0 Å². The van der Waals surface area contributed by atoms with Crippen LogP contribution in [0.2, 0.25) is 0 Å². The second-order valence-corrected chi connectivity index (χ2v) is 5.78. The van der Waals surface area contributed by atoms with E-state index in [0.717, 1.165) is 32.5 Å². The molecule has 0 aliphatic carbocycles. The third-order valence-corrected chi connectivity index (χ3v) is 4.10. The molecule has 2 fully saturated rings. The Morgan fingerprint density at radius 2 is 2.12 bits per heavy atom. The quantitative estimate of drug-likeness (QED) is 0.787. The summed E-state index contributed by atoms with van der Waals surface area (Å²) in [5.74, 6) is 0.811. The lowest BCUT2D eigenvalue weighted by molar-refractivity contribution is -0.135. The maximum Gasteiger partial charge on any atom is 0.239 e.